The van der Waals surface area contributed by atoms with Gasteiger partial charge in [-0.15, -0.1) is 0 Å². The Morgan fingerprint density at radius 2 is 0.961 bits per heavy atom. The van der Waals surface area contributed by atoms with E-state index < -0.39 is 0 Å². The van der Waals surface area contributed by atoms with E-state index in [0.717, 1.165) is 28.2 Å². The molecule has 3 heterocycles. The minimum absolute atomic E-state index is 1.01. The van der Waals surface area contributed by atoms with Gasteiger partial charge in [0.05, 0.1) is 27.8 Å². The largest absolute Gasteiger partial charge is 0.309 e. The Labute approximate surface area is 296 Å². The molecule has 0 spiro atoms. The van der Waals surface area contributed by atoms with Crippen LogP contribution in [0.2, 0.25) is 0 Å². The van der Waals surface area contributed by atoms with Crippen molar-refractivity contribution in [2.45, 2.75) is 6.92 Å². The van der Waals surface area contributed by atoms with E-state index in [1.807, 2.05) is 12.3 Å². The van der Waals surface area contributed by atoms with Crippen LogP contribution in [0.3, 0.4) is 0 Å². The highest BCUT2D eigenvalue weighted by atomic mass is 15.0. The predicted octanol–water partition coefficient (Wildman–Crippen LogP) is 12.6. The lowest BCUT2D eigenvalue weighted by molar-refractivity contribution is 1.16. The Morgan fingerprint density at radius 1 is 0.373 bits per heavy atom. The molecule has 3 aromatic heterocycles. The van der Waals surface area contributed by atoms with Crippen LogP contribution in [0.5, 0.6) is 0 Å². The maximum Gasteiger partial charge on any atom is 0.0731 e. The standard InChI is InChI=1S/C48H33N3/c1-32-14-13-27-49-48(32)35-23-25-38(33-15-5-2-6-16-33)40(29-35)34-24-26-45-41(28-34)43-30-42-39-21-11-12-22-44(39)50(36-17-7-3-8-18-36)46(42)31-47(43)51(45)37-19-9-4-10-20-37/h2-31H,1H3. The summed E-state index contributed by atoms with van der Waals surface area (Å²) in [4.78, 5) is 4.79. The van der Waals surface area contributed by atoms with Gasteiger partial charge in [-0.2, -0.15) is 0 Å². The third-order valence-corrected chi connectivity index (χ3v) is 10.3. The van der Waals surface area contributed by atoms with Crippen molar-refractivity contribution < 1.29 is 0 Å². The minimum atomic E-state index is 1.01. The Kier molecular flexibility index (Phi) is 6.71. The highest BCUT2D eigenvalue weighted by molar-refractivity contribution is 6.19. The maximum atomic E-state index is 4.79. The van der Waals surface area contributed by atoms with Crippen LogP contribution >= 0.6 is 0 Å². The molecular formula is C48H33N3. The van der Waals surface area contributed by atoms with Gasteiger partial charge in [-0.3, -0.25) is 4.98 Å². The summed E-state index contributed by atoms with van der Waals surface area (Å²) in [5.41, 5.74) is 15.1. The zero-order valence-corrected chi connectivity index (χ0v) is 28.2. The first-order chi connectivity index (χ1) is 25.2. The number of aromatic nitrogens is 3. The van der Waals surface area contributed by atoms with Crippen LogP contribution in [0, 0.1) is 6.92 Å². The van der Waals surface area contributed by atoms with Crippen molar-refractivity contribution in [1.82, 2.24) is 14.1 Å². The number of para-hydroxylation sites is 3. The number of nitrogens with zero attached hydrogens (tertiary/aromatic N) is 3. The van der Waals surface area contributed by atoms with Gasteiger partial charge in [0.1, 0.15) is 0 Å². The SMILES string of the molecule is Cc1cccnc1-c1ccc(-c2ccccc2)c(-c2ccc3c(c2)c2cc4c5ccccc5n(-c5ccccc5)c4cc2n3-c2ccccc2)c1. The molecule has 7 aromatic carbocycles. The lowest BCUT2D eigenvalue weighted by atomic mass is 9.91. The molecule has 0 aliphatic heterocycles. The number of hydrogen-bond donors (Lipinski definition) is 0. The summed E-state index contributed by atoms with van der Waals surface area (Å²) in [7, 11) is 0. The lowest BCUT2D eigenvalue weighted by Crippen LogP contribution is -1.95. The van der Waals surface area contributed by atoms with Gasteiger partial charge in [0.2, 0.25) is 0 Å². The fourth-order valence-corrected chi connectivity index (χ4v) is 7.95. The molecule has 0 atom stereocenters. The van der Waals surface area contributed by atoms with Gasteiger partial charge >= 0.3 is 0 Å². The molecule has 0 bridgehead atoms. The second-order valence-corrected chi connectivity index (χ2v) is 13.3. The van der Waals surface area contributed by atoms with Crippen LogP contribution in [0.1, 0.15) is 5.56 Å². The molecule has 3 nitrogen and oxygen atoms in total. The first-order valence-electron chi connectivity index (χ1n) is 17.5. The maximum absolute atomic E-state index is 4.79. The fraction of sp³-hybridized carbons (Fsp3) is 0.0208. The Morgan fingerprint density at radius 3 is 1.67 bits per heavy atom. The molecule has 0 saturated carbocycles. The highest BCUT2D eigenvalue weighted by Gasteiger charge is 2.20. The van der Waals surface area contributed by atoms with E-state index in [9.17, 15) is 0 Å². The third kappa shape index (κ3) is 4.70. The van der Waals surface area contributed by atoms with Crippen LogP contribution in [0.25, 0.3) is 88.5 Å². The average molecular weight is 652 g/mol. The van der Waals surface area contributed by atoms with Gasteiger partial charge < -0.3 is 9.13 Å². The summed E-state index contributed by atoms with van der Waals surface area (Å²) < 4.78 is 4.83. The summed E-state index contributed by atoms with van der Waals surface area (Å²) >= 11 is 0. The molecule has 0 aliphatic rings. The molecule has 10 aromatic rings. The lowest BCUT2D eigenvalue weighted by Gasteiger charge is -2.14. The van der Waals surface area contributed by atoms with Crippen molar-refractivity contribution in [1.29, 1.82) is 0 Å². The van der Waals surface area contributed by atoms with Crippen molar-refractivity contribution >= 4 is 43.6 Å². The molecule has 0 aliphatic carbocycles. The number of aryl methyl sites for hydroxylation is 1. The van der Waals surface area contributed by atoms with Crippen LogP contribution < -0.4 is 0 Å². The molecule has 0 N–H and O–H groups in total. The minimum Gasteiger partial charge on any atom is -0.309 e. The van der Waals surface area contributed by atoms with Gasteiger partial charge in [-0.05, 0) is 101 Å². The summed E-state index contributed by atoms with van der Waals surface area (Å²) in [6.45, 7) is 2.13. The topological polar surface area (TPSA) is 22.8 Å². The van der Waals surface area contributed by atoms with Crippen LogP contribution in [-0.2, 0) is 0 Å². The zero-order valence-electron chi connectivity index (χ0n) is 28.2. The molecular weight excluding hydrogens is 619 g/mol. The van der Waals surface area contributed by atoms with E-state index in [2.05, 4.69) is 186 Å². The van der Waals surface area contributed by atoms with Crippen molar-refractivity contribution in [3.63, 3.8) is 0 Å². The molecule has 3 heteroatoms. The zero-order chi connectivity index (χ0) is 33.9. The first-order valence-corrected chi connectivity index (χ1v) is 17.5. The third-order valence-electron chi connectivity index (χ3n) is 10.3. The van der Waals surface area contributed by atoms with E-state index >= 15 is 0 Å². The molecule has 0 amide bonds. The molecule has 0 unspecified atom stereocenters. The van der Waals surface area contributed by atoms with E-state index in [1.54, 1.807) is 0 Å². The van der Waals surface area contributed by atoms with Gasteiger partial charge in [0.15, 0.2) is 0 Å². The average Bonchev–Trinajstić information content (AvgIpc) is 3.69. The van der Waals surface area contributed by atoms with E-state index in [-0.39, 0.29) is 0 Å². The molecule has 51 heavy (non-hydrogen) atoms. The quantitative estimate of drug-likeness (QED) is 0.182. The van der Waals surface area contributed by atoms with E-state index in [1.165, 1.54) is 65.9 Å². The number of benzene rings is 7. The molecule has 240 valence electrons. The number of pyridine rings is 1. The van der Waals surface area contributed by atoms with Crippen molar-refractivity contribution in [3.05, 3.63) is 188 Å². The second kappa shape index (κ2) is 11.7. The van der Waals surface area contributed by atoms with Crippen LogP contribution in [0.15, 0.2) is 182 Å². The van der Waals surface area contributed by atoms with Crippen LogP contribution in [0.4, 0.5) is 0 Å². The predicted molar refractivity (Wildman–Crippen MR) is 214 cm³/mol. The molecule has 0 saturated heterocycles. The van der Waals surface area contributed by atoms with Gasteiger partial charge in [0, 0.05) is 44.7 Å². The fourth-order valence-electron chi connectivity index (χ4n) is 7.95. The number of fused-ring (bicyclic) bond motifs is 6. The molecule has 0 radical (unpaired) electrons. The van der Waals surface area contributed by atoms with Crippen molar-refractivity contribution in [2.24, 2.45) is 0 Å². The Balaban J connectivity index is 1.29. The summed E-state index contributed by atoms with van der Waals surface area (Å²) in [5.74, 6) is 0. The smallest absolute Gasteiger partial charge is 0.0731 e. The highest BCUT2D eigenvalue weighted by Crippen LogP contribution is 2.42. The van der Waals surface area contributed by atoms with E-state index in [4.69, 9.17) is 4.98 Å². The Hall–Kier alpha value is -6.71. The van der Waals surface area contributed by atoms with Gasteiger partial charge in [0.25, 0.3) is 0 Å². The summed E-state index contributed by atoms with van der Waals surface area (Å²) in [5, 5.41) is 4.96. The first kappa shape index (κ1) is 29.2. The van der Waals surface area contributed by atoms with Crippen LogP contribution in [-0.4, -0.2) is 14.1 Å². The summed E-state index contributed by atoms with van der Waals surface area (Å²) in [6, 6.07) is 63.6. The summed E-state index contributed by atoms with van der Waals surface area (Å²) in [6.07, 6.45) is 1.88. The normalized spacial score (nSPS) is 11.6. The van der Waals surface area contributed by atoms with Gasteiger partial charge in [-0.25, -0.2) is 0 Å². The monoisotopic (exact) mass is 651 g/mol. The molecule has 10 rings (SSSR count). The van der Waals surface area contributed by atoms with Crippen molar-refractivity contribution in [2.75, 3.05) is 0 Å². The Bertz CT molecular complexity index is 2900. The molecule has 0 fully saturated rings. The second-order valence-electron chi connectivity index (χ2n) is 13.3. The van der Waals surface area contributed by atoms with E-state index in [0.29, 0.717) is 0 Å². The van der Waals surface area contributed by atoms with Crippen molar-refractivity contribution in [3.8, 4) is 44.9 Å². The number of rotatable bonds is 5. The van der Waals surface area contributed by atoms with Gasteiger partial charge in [-0.1, -0.05) is 109 Å². The number of hydrogen-bond acceptors (Lipinski definition) is 1.